The van der Waals surface area contributed by atoms with Crippen LogP contribution in [0.4, 0.5) is 11.4 Å². The van der Waals surface area contributed by atoms with Crippen molar-refractivity contribution in [3.05, 3.63) is 42.5 Å². The lowest BCUT2D eigenvalue weighted by Gasteiger charge is -2.26. The van der Waals surface area contributed by atoms with Gasteiger partial charge in [0, 0.05) is 10.9 Å². The van der Waals surface area contributed by atoms with E-state index >= 15 is 0 Å². The summed E-state index contributed by atoms with van der Waals surface area (Å²) in [4.78, 5) is 4.51. The van der Waals surface area contributed by atoms with Crippen molar-refractivity contribution in [2.75, 3.05) is 31.2 Å². The molecule has 0 fully saturated rings. The highest BCUT2D eigenvalue weighted by Gasteiger charge is 2.12. The third kappa shape index (κ3) is 4.82. The maximum atomic E-state index is 6.09. The van der Waals surface area contributed by atoms with E-state index in [-0.39, 0.29) is 0 Å². The van der Waals surface area contributed by atoms with Crippen LogP contribution in [0, 0.1) is 0 Å². The summed E-state index contributed by atoms with van der Waals surface area (Å²) in [6.45, 7) is 9.28. The minimum Gasteiger partial charge on any atom is -0.491 e. The van der Waals surface area contributed by atoms with Gasteiger partial charge in [-0.2, -0.15) is 0 Å². The molecular weight excluding hydrogens is 318 g/mol. The molecule has 0 aliphatic heterocycles. The molecule has 0 amide bonds. The number of nitrogens with zero attached hydrogens (tertiary/aromatic N) is 1. The Hall–Kier alpha value is -1.85. The Bertz CT molecular complexity index is 659. The summed E-state index contributed by atoms with van der Waals surface area (Å²) in [5.41, 5.74) is 12.9. The van der Waals surface area contributed by atoms with Gasteiger partial charge in [0.1, 0.15) is 12.4 Å². The monoisotopic (exact) mass is 345 g/mol. The molecule has 2 aromatic carbocycles. The van der Waals surface area contributed by atoms with Crippen LogP contribution in [0.5, 0.6) is 5.75 Å². The van der Waals surface area contributed by atoms with E-state index in [4.69, 9.17) is 16.2 Å². The Morgan fingerprint density at radius 1 is 1.04 bits per heavy atom. The number of ether oxygens (including phenoxy) is 1. The fourth-order valence-corrected chi connectivity index (χ4v) is 3.51. The molecule has 0 aliphatic carbocycles. The number of nitrogen functional groups attached to an aromatic ring is 2. The Balaban J connectivity index is 2.08. The van der Waals surface area contributed by atoms with Crippen molar-refractivity contribution in [2.24, 2.45) is 0 Å². The van der Waals surface area contributed by atoms with Crippen molar-refractivity contribution in [3.8, 4) is 5.75 Å². The number of benzene rings is 2. The summed E-state index contributed by atoms with van der Waals surface area (Å²) < 4.78 is 6.09. The molecule has 0 radical (unpaired) electrons. The SMILES string of the molecule is CCN(CC)C(C)COc1ccccc1Sc1ccc(N)c(N)c1. The van der Waals surface area contributed by atoms with Gasteiger partial charge in [0.2, 0.25) is 0 Å². The van der Waals surface area contributed by atoms with Crippen LogP contribution in [0.15, 0.2) is 52.3 Å². The van der Waals surface area contributed by atoms with Crippen molar-refractivity contribution in [1.29, 1.82) is 0 Å². The van der Waals surface area contributed by atoms with Crippen molar-refractivity contribution in [1.82, 2.24) is 4.90 Å². The first kappa shape index (κ1) is 18.5. The van der Waals surface area contributed by atoms with Gasteiger partial charge >= 0.3 is 0 Å². The van der Waals surface area contributed by atoms with E-state index in [1.807, 2.05) is 36.4 Å². The van der Waals surface area contributed by atoms with Gasteiger partial charge < -0.3 is 16.2 Å². The van der Waals surface area contributed by atoms with Crippen molar-refractivity contribution in [3.63, 3.8) is 0 Å². The molecule has 4 N–H and O–H groups in total. The van der Waals surface area contributed by atoms with E-state index in [9.17, 15) is 0 Å². The maximum Gasteiger partial charge on any atom is 0.133 e. The fourth-order valence-electron chi connectivity index (χ4n) is 2.56. The zero-order chi connectivity index (χ0) is 17.5. The van der Waals surface area contributed by atoms with Crippen LogP contribution < -0.4 is 16.2 Å². The van der Waals surface area contributed by atoms with Gasteiger partial charge in [-0.25, -0.2) is 0 Å². The first-order chi connectivity index (χ1) is 11.5. The van der Waals surface area contributed by atoms with Gasteiger partial charge in [0.15, 0.2) is 0 Å². The summed E-state index contributed by atoms with van der Waals surface area (Å²) >= 11 is 1.63. The molecular formula is C19H27N3OS. The molecule has 5 heteroatoms. The summed E-state index contributed by atoms with van der Waals surface area (Å²) in [6.07, 6.45) is 0. The largest absolute Gasteiger partial charge is 0.491 e. The second kappa shape index (κ2) is 8.85. The third-order valence-electron chi connectivity index (χ3n) is 4.05. The molecule has 0 bridgehead atoms. The molecule has 0 saturated heterocycles. The molecule has 2 aromatic rings. The van der Waals surface area contributed by atoms with Crippen LogP contribution >= 0.6 is 11.8 Å². The van der Waals surface area contributed by atoms with Crippen molar-refractivity contribution < 1.29 is 4.74 Å². The quantitative estimate of drug-likeness (QED) is 0.705. The summed E-state index contributed by atoms with van der Waals surface area (Å²) in [7, 11) is 0. The number of rotatable bonds is 8. The molecule has 130 valence electrons. The average molecular weight is 346 g/mol. The van der Waals surface area contributed by atoms with Crippen molar-refractivity contribution >= 4 is 23.1 Å². The van der Waals surface area contributed by atoms with E-state index in [2.05, 4.69) is 31.7 Å². The Morgan fingerprint density at radius 2 is 1.75 bits per heavy atom. The molecule has 4 nitrogen and oxygen atoms in total. The first-order valence-corrected chi connectivity index (χ1v) is 9.15. The normalized spacial score (nSPS) is 12.3. The zero-order valence-electron chi connectivity index (χ0n) is 14.7. The predicted octanol–water partition coefficient (Wildman–Crippen LogP) is 4.11. The van der Waals surface area contributed by atoms with Crippen LogP contribution in [0.3, 0.4) is 0 Å². The molecule has 24 heavy (non-hydrogen) atoms. The lowest BCUT2D eigenvalue weighted by atomic mass is 10.3. The second-order valence-corrected chi connectivity index (χ2v) is 6.84. The van der Waals surface area contributed by atoms with Gasteiger partial charge in [-0.05, 0) is 50.3 Å². The van der Waals surface area contributed by atoms with Gasteiger partial charge in [0.25, 0.3) is 0 Å². The van der Waals surface area contributed by atoms with E-state index in [0.29, 0.717) is 24.0 Å². The van der Waals surface area contributed by atoms with Crippen LogP contribution in [0.1, 0.15) is 20.8 Å². The topological polar surface area (TPSA) is 64.5 Å². The molecule has 1 unspecified atom stereocenters. The van der Waals surface area contributed by atoms with E-state index in [1.54, 1.807) is 11.8 Å². The summed E-state index contributed by atoms with van der Waals surface area (Å²) in [5.74, 6) is 0.900. The first-order valence-electron chi connectivity index (χ1n) is 8.33. The lowest BCUT2D eigenvalue weighted by Crippen LogP contribution is -2.37. The maximum absolute atomic E-state index is 6.09. The van der Waals surface area contributed by atoms with Gasteiger partial charge in [-0.3, -0.25) is 4.90 Å². The van der Waals surface area contributed by atoms with E-state index in [1.165, 1.54) is 0 Å². The molecule has 0 aromatic heterocycles. The molecule has 0 saturated carbocycles. The molecule has 2 rings (SSSR count). The molecule has 0 spiro atoms. The zero-order valence-corrected chi connectivity index (χ0v) is 15.5. The molecule has 0 heterocycles. The number of anilines is 2. The van der Waals surface area contributed by atoms with Gasteiger partial charge in [-0.1, -0.05) is 37.7 Å². The molecule has 1 atom stereocenters. The minimum absolute atomic E-state index is 0.380. The highest BCUT2D eigenvalue weighted by molar-refractivity contribution is 7.99. The van der Waals surface area contributed by atoms with Crippen LogP contribution in [0.2, 0.25) is 0 Å². The predicted molar refractivity (Wildman–Crippen MR) is 104 cm³/mol. The number of likely N-dealkylation sites (N-methyl/N-ethyl adjacent to an activating group) is 1. The van der Waals surface area contributed by atoms with E-state index in [0.717, 1.165) is 28.6 Å². The number of hydrogen-bond acceptors (Lipinski definition) is 5. The minimum atomic E-state index is 0.380. The number of hydrogen-bond donors (Lipinski definition) is 2. The van der Waals surface area contributed by atoms with Gasteiger partial charge in [-0.15, -0.1) is 0 Å². The Morgan fingerprint density at radius 3 is 2.42 bits per heavy atom. The highest BCUT2D eigenvalue weighted by Crippen LogP contribution is 2.36. The van der Waals surface area contributed by atoms with Crippen LogP contribution in [-0.2, 0) is 0 Å². The fraction of sp³-hybridized carbons (Fsp3) is 0.368. The Kier molecular flexibility index (Phi) is 6.82. The average Bonchev–Trinajstić information content (AvgIpc) is 2.58. The van der Waals surface area contributed by atoms with Crippen LogP contribution in [0.25, 0.3) is 0 Å². The molecule has 0 aliphatic rings. The standard InChI is InChI=1S/C19H27N3OS/c1-4-22(5-2)14(3)13-23-18-8-6-7-9-19(18)24-15-10-11-16(20)17(21)12-15/h6-12,14H,4-5,13,20-21H2,1-3H3. The van der Waals surface area contributed by atoms with Gasteiger partial charge in [0.05, 0.1) is 16.3 Å². The summed E-state index contributed by atoms with van der Waals surface area (Å²) in [6, 6.07) is 14.2. The lowest BCUT2D eigenvalue weighted by molar-refractivity contribution is 0.156. The highest BCUT2D eigenvalue weighted by atomic mass is 32.2. The van der Waals surface area contributed by atoms with E-state index < -0.39 is 0 Å². The smallest absolute Gasteiger partial charge is 0.133 e. The third-order valence-corrected chi connectivity index (χ3v) is 5.10. The van der Waals surface area contributed by atoms with Crippen molar-refractivity contribution in [2.45, 2.75) is 36.6 Å². The second-order valence-electron chi connectivity index (χ2n) is 5.72. The Labute approximate surface area is 149 Å². The number of nitrogens with two attached hydrogens (primary N) is 2. The number of para-hydroxylation sites is 1. The summed E-state index contributed by atoms with van der Waals surface area (Å²) in [5, 5.41) is 0. The van der Waals surface area contributed by atoms with Crippen LogP contribution in [-0.4, -0.2) is 30.6 Å².